The molecule has 4 rings (SSSR count). The first kappa shape index (κ1) is 18.1. The third kappa shape index (κ3) is 4.53. The zero-order valence-electron chi connectivity index (χ0n) is 16.1. The molecule has 0 amide bonds. The van der Waals surface area contributed by atoms with Crippen molar-refractivity contribution in [1.29, 1.82) is 0 Å². The van der Waals surface area contributed by atoms with Crippen molar-refractivity contribution in [3.63, 3.8) is 0 Å². The normalized spacial score (nSPS) is 24.0. The second kappa shape index (κ2) is 8.61. The molecule has 0 bridgehead atoms. The van der Waals surface area contributed by atoms with E-state index in [0.717, 1.165) is 37.9 Å². The number of hydrogen-bond acceptors (Lipinski definition) is 3. The molecular weight excluding hydrogens is 336 g/mol. The van der Waals surface area contributed by atoms with Crippen LogP contribution in [0.3, 0.4) is 0 Å². The van der Waals surface area contributed by atoms with Gasteiger partial charge in [0.25, 0.3) is 0 Å². The van der Waals surface area contributed by atoms with Gasteiger partial charge >= 0.3 is 0 Å². The number of nitrogens with zero attached hydrogens (tertiary/aromatic N) is 2. The summed E-state index contributed by atoms with van der Waals surface area (Å²) in [7, 11) is 1.84. The molecule has 1 aliphatic carbocycles. The van der Waals surface area contributed by atoms with Crippen molar-refractivity contribution in [2.24, 2.45) is 10.9 Å². The van der Waals surface area contributed by atoms with Crippen LogP contribution in [0.2, 0.25) is 0 Å². The highest BCUT2D eigenvalue weighted by atomic mass is 16.3. The summed E-state index contributed by atoms with van der Waals surface area (Å²) in [6.45, 7) is 4.05. The molecule has 0 radical (unpaired) electrons. The summed E-state index contributed by atoms with van der Waals surface area (Å²) in [6.07, 6.45) is 5.57. The van der Waals surface area contributed by atoms with Gasteiger partial charge in [0.1, 0.15) is 5.76 Å². The topological polar surface area (TPSA) is 52.8 Å². The van der Waals surface area contributed by atoms with E-state index in [-0.39, 0.29) is 6.04 Å². The highest BCUT2D eigenvalue weighted by molar-refractivity contribution is 5.79. The van der Waals surface area contributed by atoms with E-state index < -0.39 is 0 Å². The third-order valence-electron chi connectivity index (χ3n) is 5.82. The summed E-state index contributed by atoms with van der Waals surface area (Å²) in [6, 6.07) is 15.1. The second-order valence-corrected chi connectivity index (χ2v) is 7.62. The van der Waals surface area contributed by atoms with E-state index in [4.69, 9.17) is 4.42 Å². The lowest BCUT2D eigenvalue weighted by Gasteiger charge is -2.26. The fourth-order valence-electron chi connectivity index (χ4n) is 4.17. The number of hydrogen-bond donors (Lipinski definition) is 2. The van der Waals surface area contributed by atoms with Crippen molar-refractivity contribution in [1.82, 2.24) is 15.5 Å². The Morgan fingerprint density at radius 3 is 2.67 bits per heavy atom. The summed E-state index contributed by atoms with van der Waals surface area (Å²) < 4.78 is 5.70. The predicted octanol–water partition coefficient (Wildman–Crippen LogP) is 3.39. The van der Waals surface area contributed by atoms with Crippen LogP contribution < -0.4 is 10.6 Å². The Balaban J connectivity index is 1.27. The maximum absolute atomic E-state index is 5.70. The summed E-state index contributed by atoms with van der Waals surface area (Å²) >= 11 is 0. The quantitative estimate of drug-likeness (QED) is 0.583. The van der Waals surface area contributed by atoms with Crippen LogP contribution in [-0.4, -0.2) is 44.1 Å². The molecule has 3 unspecified atom stereocenters. The van der Waals surface area contributed by atoms with Crippen LogP contribution in [0.1, 0.15) is 42.5 Å². The maximum atomic E-state index is 5.70. The van der Waals surface area contributed by atoms with Gasteiger partial charge in [0.2, 0.25) is 0 Å². The molecule has 1 saturated carbocycles. The lowest BCUT2D eigenvalue weighted by molar-refractivity contribution is 0.215. The number of rotatable bonds is 7. The first-order chi connectivity index (χ1) is 13.3. The Kier molecular flexibility index (Phi) is 5.78. The Hall–Kier alpha value is -2.27. The van der Waals surface area contributed by atoms with Gasteiger partial charge in [-0.2, -0.15) is 0 Å². The smallest absolute Gasteiger partial charge is 0.191 e. The largest absolute Gasteiger partial charge is 0.468 e. The molecule has 27 heavy (non-hydrogen) atoms. The van der Waals surface area contributed by atoms with Crippen LogP contribution in [-0.2, 0) is 0 Å². The molecule has 1 aromatic carbocycles. The van der Waals surface area contributed by atoms with Crippen LogP contribution >= 0.6 is 0 Å². The SMILES string of the molecule is CN=C(NCC1CC1c1ccccc1)NCC(c1ccco1)N1CCCC1. The fraction of sp³-hybridized carbons (Fsp3) is 0.500. The van der Waals surface area contributed by atoms with Crippen molar-refractivity contribution in [2.75, 3.05) is 33.2 Å². The van der Waals surface area contributed by atoms with Gasteiger partial charge < -0.3 is 15.1 Å². The van der Waals surface area contributed by atoms with Gasteiger partial charge in [0.05, 0.1) is 12.3 Å². The average molecular weight is 367 g/mol. The maximum Gasteiger partial charge on any atom is 0.191 e. The molecule has 2 heterocycles. The van der Waals surface area contributed by atoms with E-state index in [1.54, 1.807) is 6.26 Å². The zero-order chi connectivity index (χ0) is 18.5. The van der Waals surface area contributed by atoms with Crippen molar-refractivity contribution in [3.8, 4) is 0 Å². The summed E-state index contributed by atoms with van der Waals surface area (Å²) in [5.74, 6) is 3.30. The Bertz CT molecular complexity index is 722. The lowest BCUT2D eigenvalue weighted by Crippen LogP contribution is -2.43. The van der Waals surface area contributed by atoms with Gasteiger partial charge in [-0.1, -0.05) is 30.3 Å². The first-order valence-corrected chi connectivity index (χ1v) is 10.1. The van der Waals surface area contributed by atoms with Crippen molar-refractivity contribution >= 4 is 5.96 Å². The highest BCUT2D eigenvalue weighted by Gasteiger charge is 2.37. The van der Waals surface area contributed by atoms with Crippen LogP contribution in [0.25, 0.3) is 0 Å². The summed E-state index contributed by atoms with van der Waals surface area (Å²) in [4.78, 5) is 6.92. The van der Waals surface area contributed by atoms with E-state index in [9.17, 15) is 0 Å². The number of nitrogens with one attached hydrogen (secondary N) is 2. The molecule has 5 heteroatoms. The fourth-order valence-corrected chi connectivity index (χ4v) is 4.17. The van der Waals surface area contributed by atoms with Crippen LogP contribution in [0.4, 0.5) is 0 Å². The van der Waals surface area contributed by atoms with Gasteiger partial charge in [-0.05, 0) is 61.9 Å². The molecular formula is C22H30N4O. The van der Waals surface area contributed by atoms with E-state index in [1.165, 1.54) is 24.8 Å². The van der Waals surface area contributed by atoms with E-state index in [2.05, 4.69) is 56.9 Å². The van der Waals surface area contributed by atoms with Gasteiger partial charge in [-0.3, -0.25) is 9.89 Å². The third-order valence-corrected chi connectivity index (χ3v) is 5.82. The molecule has 1 aliphatic heterocycles. The number of guanidine groups is 1. The molecule has 3 atom stereocenters. The molecule has 2 N–H and O–H groups in total. The summed E-state index contributed by atoms with van der Waals surface area (Å²) in [5, 5.41) is 7.02. The zero-order valence-corrected chi connectivity index (χ0v) is 16.1. The molecule has 2 fully saturated rings. The van der Waals surface area contributed by atoms with Crippen LogP contribution in [0.5, 0.6) is 0 Å². The van der Waals surface area contributed by atoms with Gasteiger partial charge in [0, 0.05) is 20.1 Å². The van der Waals surface area contributed by atoms with Crippen LogP contribution in [0, 0.1) is 5.92 Å². The minimum Gasteiger partial charge on any atom is -0.468 e. The van der Waals surface area contributed by atoms with Crippen molar-refractivity contribution in [3.05, 3.63) is 60.1 Å². The molecule has 144 valence electrons. The van der Waals surface area contributed by atoms with Gasteiger partial charge in [-0.25, -0.2) is 0 Å². The summed E-state index contributed by atoms with van der Waals surface area (Å²) in [5.41, 5.74) is 1.46. The lowest BCUT2D eigenvalue weighted by atomic mass is 10.1. The predicted molar refractivity (Wildman–Crippen MR) is 109 cm³/mol. The first-order valence-electron chi connectivity index (χ1n) is 10.1. The van der Waals surface area contributed by atoms with E-state index in [0.29, 0.717) is 11.8 Å². The van der Waals surface area contributed by atoms with Crippen LogP contribution in [0.15, 0.2) is 58.1 Å². The second-order valence-electron chi connectivity index (χ2n) is 7.62. The standard InChI is InChI=1S/C22H30N4O/c1-23-22(24-15-18-14-19(18)17-8-3-2-4-9-17)25-16-20(21-10-7-13-27-21)26-11-5-6-12-26/h2-4,7-10,13,18-20H,5-6,11-12,14-16H2,1H3,(H2,23,24,25). The van der Waals surface area contributed by atoms with E-state index in [1.807, 2.05) is 13.1 Å². The number of benzene rings is 1. The minimum absolute atomic E-state index is 0.263. The Morgan fingerprint density at radius 2 is 1.96 bits per heavy atom. The Labute approximate surface area is 161 Å². The minimum atomic E-state index is 0.263. The number of likely N-dealkylation sites (tertiary alicyclic amines) is 1. The molecule has 2 aromatic rings. The van der Waals surface area contributed by atoms with Crippen molar-refractivity contribution < 1.29 is 4.42 Å². The average Bonchev–Trinajstić information content (AvgIpc) is 3.09. The molecule has 1 aromatic heterocycles. The van der Waals surface area contributed by atoms with Gasteiger partial charge in [0.15, 0.2) is 5.96 Å². The monoisotopic (exact) mass is 366 g/mol. The highest BCUT2D eigenvalue weighted by Crippen LogP contribution is 2.46. The number of furan rings is 1. The Morgan fingerprint density at radius 1 is 1.15 bits per heavy atom. The molecule has 0 spiro atoms. The van der Waals surface area contributed by atoms with E-state index >= 15 is 0 Å². The van der Waals surface area contributed by atoms with Gasteiger partial charge in [-0.15, -0.1) is 0 Å². The van der Waals surface area contributed by atoms with Crippen molar-refractivity contribution in [2.45, 2.75) is 31.2 Å². The molecule has 2 aliphatic rings. The molecule has 1 saturated heterocycles. The molecule has 5 nitrogen and oxygen atoms in total. The number of aliphatic imine (C=N–C) groups is 1.